The Kier molecular flexibility index (Phi) is 7.09. The van der Waals surface area contributed by atoms with Crippen molar-refractivity contribution in [3.05, 3.63) is 34.9 Å². The molecule has 1 amide bonds. The van der Waals surface area contributed by atoms with Gasteiger partial charge in [-0.05, 0) is 63.1 Å². The summed E-state index contributed by atoms with van der Waals surface area (Å²) in [6, 6.07) is 6.55. The highest BCUT2D eigenvalue weighted by Gasteiger charge is 2.18. The van der Waals surface area contributed by atoms with Gasteiger partial charge in [-0.2, -0.15) is 9.97 Å². The number of thioether (sulfide) groups is 1. The molecule has 0 fully saturated rings. The fourth-order valence-electron chi connectivity index (χ4n) is 3.92. The van der Waals surface area contributed by atoms with Gasteiger partial charge in [0.15, 0.2) is 5.16 Å². The third kappa shape index (κ3) is 4.95. The highest BCUT2D eigenvalue weighted by atomic mass is 32.2. The molecule has 0 radical (unpaired) electrons. The fraction of sp³-hybridized carbons (Fsp3) is 0.500. The van der Waals surface area contributed by atoms with Crippen LogP contribution in [0.1, 0.15) is 56.3 Å². The van der Waals surface area contributed by atoms with Crippen LogP contribution in [0.3, 0.4) is 0 Å². The third-order valence-electron chi connectivity index (χ3n) is 5.50. The number of fused-ring (bicyclic) bond motifs is 2. The van der Waals surface area contributed by atoms with Crippen molar-refractivity contribution in [2.24, 2.45) is 0 Å². The number of hydrogen-bond acceptors (Lipinski definition) is 8. The zero-order chi connectivity index (χ0) is 22.5. The molecule has 3 aromatic rings. The van der Waals surface area contributed by atoms with Gasteiger partial charge in [0.05, 0.1) is 11.8 Å². The van der Waals surface area contributed by atoms with Gasteiger partial charge in [0.25, 0.3) is 5.78 Å². The summed E-state index contributed by atoms with van der Waals surface area (Å²) in [5.41, 5.74) is 4.02. The number of carbonyl (C=O) groups excluding carboxylic acids is 1. The highest BCUT2D eigenvalue weighted by Crippen LogP contribution is 2.25. The second-order valence-electron chi connectivity index (χ2n) is 7.86. The van der Waals surface area contributed by atoms with E-state index in [1.54, 1.807) is 4.40 Å². The molecule has 0 spiro atoms. The van der Waals surface area contributed by atoms with Crippen molar-refractivity contribution in [1.29, 1.82) is 0 Å². The van der Waals surface area contributed by atoms with Crippen LogP contribution < -0.4 is 16.0 Å². The van der Waals surface area contributed by atoms with Crippen molar-refractivity contribution < 1.29 is 4.79 Å². The van der Waals surface area contributed by atoms with Gasteiger partial charge in [-0.3, -0.25) is 4.79 Å². The minimum Gasteiger partial charge on any atom is -0.355 e. The van der Waals surface area contributed by atoms with Crippen LogP contribution in [-0.4, -0.2) is 49.3 Å². The molecule has 2 heterocycles. The van der Waals surface area contributed by atoms with E-state index in [9.17, 15) is 4.79 Å². The fourth-order valence-corrected chi connectivity index (χ4v) is 4.66. The lowest BCUT2D eigenvalue weighted by molar-refractivity contribution is -0.119. The summed E-state index contributed by atoms with van der Waals surface area (Å²) in [6.07, 6.45) is 4.80. The van der Waals surface area contributed by atoms with Crippen molar-refractivity contribution in [1.82, 2.24) is 29.9 Å². The second kappa shape index (κ2) is 10.2. The number of anilines is 2. The Balaban J connectivity index is 1.42. The number of carbonyl (C=O) groups is 1. The van der Waals surface area contributed by atoms with Crippen LogP contribution in [0.4, 0.5) is 11.9 Å². The predicted molar refractivity (Wildman–Crippen MR) is 127 cm³/mol. The molecule has 1 unspecified atom stereocenters. The molecule has 0 saturated carbocycles. The van der Waals surface area contributed by atoms with Gasteiger partial charge in [-0.1, -0.05) is 30.0 Å². The first-order valence-corrected chi connectivity index (χ1v) is 12.2. The van der Waals surface area contributed by atoms with Crippen molar-refractivity contribution in [2.45, 2.75) is 57.7 Å². The van der Waals surface area contributed by atoms with Gasteiger partial charge in [0.1, 0.15) is 0 Å². The van der Waals surface area contributed by atoms with Gasteiger partial charge >= 0.3 is 0 Å². The summed E-state index contributed by atoms with van der Waals surface area (Å²) in [6.45, 7) is 7.40. The quantitative estimate of drug-likeness (QED) is 0.423. The largest absolute Gasteiger partial charge is 0.355 e. The summed E-state index contributed by atoms with van der Waals surface area (Å²) in [4.78, 5) is 21.5. The number of amides is 1. The van der Waals surface area contributed by atoms with E-state index < -0.39 is 0 Å². The Morgan fingerprint density at radius 3 is 2.66 bits per heavy atom. The molecule has 0 saturated heterocycles. The third-order valence-corrected chi connectivity index (χ3v) is 6.43. The van der Waals surface area contributed by atoms with Gasteiger partial charge in [-0.15, -0.1) is 10.2 Å². The number of rotatable bonds is 9. The molecular weight excluding hydrogens is 424 g/mol. The number of nitrogens with one attached hydrogen (secondary N) is 3. The van der Waals surface area contributed by atoms with Crippen LogP contribution in [0.25, 0.3) is 5.78 Å². The molecule has 170 valence electrons. The van der Waals surface area contributed by atoms with Crippen LogP contribution in [0.2, 0.25) is 0 Å². The summed E-state index contributed by atoms with van der Waals surface area (Å²) in [5, 5.41) is 18.4. The molecule has 0 aliphatic heterocycles. The van der Waals surface area contributed by atoms with Crippen molar-refractivity contribution in [2.75, 3.05) is 29.5 Å². The molecule has 1 aliphatic carbocycles. The Hall–Kier alpha value is -2.88. The van der Waals surface area contributed by atoms with Crippen LogP contribution in [0, 0.1) is 0 Å². The topological polar surface area (TPSA) is 109 Å². The summed E-state index contributed by atoms with van der Waals surface area (Å²) >= 11 is 1.32. The molecule has 4 rings (SSSR count). The maximum Gasteiger partial charge on any atom is 0.261 e. The normalized spacial score (nSPS) is 14.1. The van der Waals surface area contributed by atoms with E-state index in [1.807, 2.05) is 20.8 Å². The zero-order valence-electron chi connectivity index (χ0n) is 18.8. The Morgan fingerprint density at radius 2 is 1.88 bits per heavy atom. The van der Waals surface area contributed by atoms with E-state index in [-0.39, 0.29) is 17.7 Å². The number of aromatic nitrogens is 5. The zero-order valence-corrected chi connectivity index (χ0v) is 19.6. The first-order chi connectivity index (χ1) is 15.6. The number of aryl methyl sites for hydroxylation is 2. The van der Waals surface area contributed by atoms with Gasteiger partial charge < -0.3 is 16.0 Å². The Labute approximate surface area is 192 Å². The monoisotopic (exact) mass is 454 g/mol. The SMILES string of the molecule is CCNc1nc(NCC)n2c(SCC(=O)NC(C)c3ccc4c(c3)CCCC4)nnc2n1. The smallest absolute Gasteiger partial charge is 0.261 e. The minimum atomic E-state index is -0.0489. The van der Waals surface area contributed by atoms with Crippen LogP contribution in [0.5, 0.6) is 0 Å². The van der Waals surface area contributed by atoms with E-state index in [2.05, 4.69) is 54.3 Å². The number of nitrogens with zero attached hydrogens (tertiary/aromatic N) is 5. The van der Waals surface area contributed by atoms with Gasteiger partial charge in [0.2, 0.25) is 17.8 Å². The first-order valence-electron chi connectivity index (χ1n) is 11.2. The molecular formula is C22H30N8OS. The van der Waals surface area contributed by atoms with Crippen LogP contribution >= 0.6 is 11.8 Å². The Morgan fingerprint density at radius 1 is 1.09 bits per heavy atom. The average Bonchev–Trinajstić information content (AvgIpc) is 3.21. The van der Waals surface area contributed by atoms with E-state index in [4.69, 9.17) is 0 Å². The van der Waals surface area contributed by atoms with Crippen LogP contribution in [0.15, 0.2) is 23.4 Å². The molecule has 1 atom stereocenters. The maximum absolute atomic E-state index is 12.7. The molecule has 0 bridgehead atoms. The van der Waals surface area contributed by atoms with Crippen molar-refractivity contribution in [3.63, 3.8) is 0 Å². The molecule has 32 heavy (non-hydrogen) atoms. The molecule has 2 aromatic heterocycles. The van der Waals surface area contributed by atoms with E-state index >= 15 is 0 Å². The van der Waals surface area contributed by atoms with E-state index in [0.717, 1.165) is 18.4 Å². The van der Waals surface area contributed by atoms with Gasteiger partial charge in [-0.25, -0.2) is 4.40 Å². The lowest BCUT2D eigenvalue weighted by atomic mass is 9.89. The van der Waals surface area contributed by atoms with Crippen LogP contribution in [-0.2, 0) is 17.6 Å². The number of hydrogen-bond donors (Lipinski definition) is 3. The summed E-state index contributed by atoms with van der Waals surface area (Å²) < 4.78 is 1.75. The maximum atomic E-state index is 12.7. The molecule has 10 heteroatoms. The Bertz CT molecular complexity index is 1100. The minimum absolute atomic E-state index is 0.0474. The van der Waals surface area contributed by atoms with E-state index in [1.165, 1.54) is 35.7 Å². The predicted octanol–water partition coefficient (Wildman–Crippen LogP) is 3.23. The second-order valence-corrected chi connectivity index (χ2v) is 8.81. The molecule has 3 N–H and O–H groups in total. The van der Waals surface area contributed by atoms with E-state index in [0.29, 0.717) is 35.9 Å². The van der Waals surface area contributed by atoms with Crippen molar-refractivity contribution >= 4 is 35.3 Å². The lowest BCUT2D eigenvalue weighted by Crippen LogP contribution is -2.28. The summed E-state index contributed by atoms with van der Waals surface area (Å²) in [7, 11) is 0. The lowest BCUT2D eigenvalue weighted by Gasteiger charge is -2.20. The number of benzene rings is 1. The first kappa shape index (κ1) is 22.3. The highest BCUT2D eigenvalue weighted by molar-refractivity contribution is 7.99. The average molecular weight is 455 g/mol. The molecule has 1 aliphatic rings. The van der Waals surface area contributed by atoms with Gasteiger partial charge in [0, 0.05) is 13.1 Å². The molecule has 1 aromatic carbocycles. The summed E-state index contributed by atoms with van der Waals surface area (Å²) in [5.74, 6) is 1.72. The standard InChI is InChI=1S/C22H30N8OS/c1-4-23-19-26-20(24-5-2)30-21(27-19)28-29-22(30)32-13-18(31)25-14(3)16-11-10-15-8-6-7-9-17(15)12-16/h10-12,14H,4-9,13H2,1-3H3,(H,25,31)(H2,23,24,26,27,28). The molecule has 9 nitrogen and oxygen atoms in total. The van der Waals surface area contributed by atoms with Crippen molar-refractivity contribution in [3.8, 4) is 0 Å².